The van der Waals surface area contributed by atoms with Gasteiger partial charge in [0.15, 0.2) is 0 Å². The fourth-order valence-electron chi connectivity index (χ4n) is 1.30. The molecule has 0 aromatic carbocycles. The van der Waals surface area contributed by atoms with E-state index < -0.39 is 28.2 Å². The van der Waals surface area contributed by atoms with Crippen LogP contribution in [0.1, 0.15) is 27.2 Å². The molecule has 6 nitrogen and oxygen atoms in total. The fourth-order valence-corrected chi connectivity index (χ4v) is 2.08. The smallest absolute Gasteiger partial charge is 0.315 e. The Morgan fingerprint density at radius 3 is 2.39 bits per heavy atom. The summed E-state index contributed by atoms with van der Waals surface area (Å²) in [6.45, 7) is 5.15. The highest BCUT2D eigenvalue weighted by Gasteiger charge is 2.31. The number of carboxylic acid groups (broad SMARTS) is 1. The second-order valence-corrected chi connectivity index (χ2v) is 6.17. The third-order valence-electron chi connectivity index (χ3n) is 2.80. The van der Waals surface area contributed by atoms with Crippen LogP contribution in [0.15, 0.2) is 0 Å². The zero-order valence-corrected chi connectivity index (χ0v) is 12.1. The van der Waals surface area contributed by atoms with Crippen molar-refractivity contribution in [2.24, 2.45) is 5.41 Å². The van der Waals surface area contributed by atoms with Crippen molar-refractivity contribution in [1.29, 1.82) is 0 Å². The SMILES string of the molecule is CCC(C)(CNC(=O)NC(C)CS(C)=O)C(=O)O. The highest BCUT2D eigenvalue weighted by Crippen LogP contribution is 2.19. The Balaban J connectivity index is 4.18. The van der Waals surface area contributed by atoms with Crippen molar-refractivity contribution < 1.29 is 18.9 Å². The van der Waals surface area contributed by atoms with Crippen LogP contribution in [0.2, 0.25) is 0 Å². The quantitative estimate of drug-likeness (QED) is 0.634. The molecule has 3 unspecified atom stereocenters. The van der Waals surface area contributed by atoms with Gasteiger partial charge in [0.25, 0.3) is 0 Å². The van der Waals surface area contributed by atoms with Gasteiger partial charge in [-0.25, -0.2) is 4.79 Å². The third kappa shape index (κ3) is 6.00. The number of carbonyl (C=O) groups is 2. The van der Waals surface area contributed by atoms with Gasteiger partial charge in [-0.3, -0.25) is 9.00 Å². The first-order chi connectivity index (χ1) is 8.21. The molecule has 0 aliphatic heterocycles. The van der Waals surface area contributed by atoms with Crippen molar-refractivity contribution in [2.75, 3.05) is 18.6 Å². The first kappa shape index (κ1) is 16.9. The van der Waals surface area contributed by atoms with Crippen LogP contribution in [0.4, 0.5) is 4.79 Å². The Bertz CT molecular complexity index is 335. The molecule has 3 N–H and O–H groups in total. The average Bonchev–Trinajstić information content (AvgIpc) is 2.24. The summed E-state index contributed by atoms with van der Waals surface area (Å²) in [6.07, 6.45) is 1.99. The maximum atomic E-state index is 11.5. The van der Waals surface area contributed by atoms with E-state index in [-0.39, 0.29) is 12.6 Å². The largest absolute Gasteiger partial charge is 0.481 e. The van der Waals surface area contributed by atoms with E-state index in [1.54, 1.807) is 27.0 Å². The van der Waals surface area contributed by atoms with E-state index in [0.29, 0.717) is 12.2 Å². The van der Waals surface area contributed by atoms with Crippen LogP contribution in [-0.4, -0.2) is 45.9 Å². The van der Waals surface area contributed by atoms with Crippen LogP contribution >= 0.6 is 0 Å². The third-order valence-corrected chi connectivity index (χ3v) is 3.77. The second kappa shape index (κ2) is 7.35. The number of amides is 2. The average molecular weight is 278 g/mol. The summed E-state index contributed by atoms with van der Waals surface area (Å²) in [7, 11) is -0.979. The van der Waals surface area contributed by atoms with Crippen LogP contribution in [-0.2, 0) is 15.6 Å². The van der Waals surface area contributed by atoms with Gasteiger partial charge in [0, 0.05) is 35.4 Å². The zero-order chi connectivity index (χ0) is 14.3. The zero-order valence-electron chi connectivity index (χ0n) is 11.3. The number of rotatable bonds is 7. The van der Waals surface area contributed by atoms with Gasteiger partial charge >= 0.3 is 12.0 Å². The number of hydrogen-bond donors (Lipinski definition) is 3. The van der Waals surface area contributed by atoms with Crippen LogP contribution in [0.5, 0.6) is 0 Å². The number of urea groups is 1. The Labute approximate surface area is 110 Å². The lowest BCUT2D eigenvalue weighted by Crippen LogP contribution is -2.47. The summed E-state index contributed by atoms with van der Waals surface area (Å²) < 4.78 is 11.0. The van der Waals surface area contributed by atoms with Gasteiger partial charge < -0.3 is 15.7 Å². The molecule has 0 aliphatic carbocycles. The molecule has 0 spiro atoms. The van der Waals surface area contributed by atoms with E-state index in [4.69, 9.17) is 5.11 Å². The van der Waals surface area contributed by atoms with Crippen molar-refractivity contribution in [3.8, 4) is 0 Å². The minimum Gasteiger partial charge on any atom is -0.481 e. The highest BCUT2D eigenvalue weighted by atomic mass is 32.2. The van der Waals surface area contributed by atoms with Gasteiger partial charge in [-0.05, 0) is 20.3 Å². The summed E-state index contributed by atoms with van der Waals surface area (Å²) in [5, 5.41) is 14.2. The van der Waals surface area contributed by atoms with Gasteiger partial charge in [0.05, 0.1) is 5.41 Å². The molecule has 0 aliphatic rings. The van der Waals surface area contributed by atoms with Gasteiger partial charge in [0.2, 0.25) is 0 Å². The lowest BCUT2D eigenvalue weighted by molar-refractivity contribution is -0.147. The number of hydrogen-bond acceptors (Lipinski definition) is 3. The molecule has 0 radical (unpaired) electrons. The van der Waals surface area contributed by atoms with Crippen molar-refractivity contribution in [2.45, 2.75) is 33.2 Å². The molecule has 18 heavy (non-hydrogen) atoms. The minimum atomic E-state index is -0.979. The molecule has 0 saturated heterocycles. The molecule has 3 atom stereocenters. The molecule has 7 heteroatoms. The van der Waals surface area contributed by atoms with Gasteiger partial charge in [-0.1, -0.05) is 6.92 Å². The number of carbonyl (C=O) groups excluding carboxylic acids is 1. The van der Waals surface area contributed by atoms with Crippen LogP contribution < -0.4 is 10.6 Å². The summed E-state index contributed by atoms with van der Waals surface area (Å²) >= 11 is 0. The molecule has 0 aromatic heterocycles. The first-order valence-corrected chi connectivity index (χ1v) is 7.51. The summed E-state index contributed by atoms with van der Waals surface area (Å²) in [5.74, 6) is -0.565. The number of aliphatic carboxylic acids is 1. The fraction of sp³-hybridized carbons (Fsp3) is 0.818. The maximum absolute atomic E-state index is 11.5. The van der Waals surface area contributed by atoms with Gasteiger partial charge in [-0.15, -0.1) is 0 Å². The lowest BCUT2D eigenvalue weighted by atomic mass is 9.88. The Morgan fingerprint density at radius 2 is 2.00 bits per heavy atom. The monoisotopic (exact) mass is 278 g/mol. The van der Waals surface area contributed by atoms with E-state index >= 15 is 0 Å². The topological polar surface area (TPSA) is 95.5 Å². The standard InChI is InChI=1S/C11H22N2O4S/c1-5-11(3,9(14)15)7-12-10(16)13-8(2)6-18(4)17/h8H,5-7H2,1-4H3,(H,14,15)(H2,12,13,16). The molecule has 106 valence electrons. The Kier molecular flexibility index (Phi) is 6.90. The van der Waals surface area contributed by atoms with Gasteiger partial charge in [-0.2, -0.15) is 0 Å². The Hall–Kier alpha value is -1.11. The molecule has 0 fully saturated rings. The van der Waals surface area contributed by atoms with E-state index in [1.165, 1.54) is 0 Å². The van der Waals surface area contributed by atoms with Crippen LogP contribution in [0, 0.1) is 5.41 Å². The first-order valence-electron chi connectivity index (χ1n) is 5.79. The molecule has 0 saturated carbocycles. The molecular weight excluding hydrogens is 256 g/mol. The predicted octanol–water partition coefficient (Wildman–Crippen LogP) is 0.553. The normalized spacial score (nSPS) is 17.3. The molecular formula is C11H22N2O4S. The minimum absolute atomic E-state index is 0.0621. The summed E-state index contributed by atoms with van der Waals surface area (Å²) in [4.78, 5) is 22.5. The van der Waals surface area contributed by atoms with Crippen molar-refractivity contribution in [3.63, 3.8) is 0 Å². The maximum Gasteiger partial charge on any atom is 0.315 e. The van der Waals surface area contributed by atoms with Crippen LogP contribution in [0.25, 0.3) is 0 Å². The van der Waals surface area contributed by atoms with Crippen molar-refractivity contribution in [3.05, 3.63) is 0 Å². The highest BCUT2D eigenvalue weighted by molar-refractivity contribution is 7.84. The van der Waals surface area contributed by atoms with E-state index in [2.05, 4.69) is 10.6 Å². The van der Waals surface area contributed by atoms with Gasteiger partial charge in [0.1, 0.15) is 0 Å². The molecule has 0 bridgehead atoms. The molecule has 0 rings (SSSR count). The number of carboxylic acids is 1. The van der Waals surface area contributed by atoms with E-state index in [9.17, 15) is 13.8 Å². The predicted molar refractivity (Wildman–Crippen MR) is 71.0 cm³/mol. The van der Waals surface area contributed by atoms with Crippen LogP contribution in [0.3, 0.4) is 0 Å². The van der Waals surface area contributed by atoms with E-state index in [0.717, 1.165) is 0 Å². The Morgan fingerprint density at radius 1 is 1.44 bits per heavy atom. The number of nitrogens with one attached hydrogen (secondary N) is 2. The van der Waals surface area contributed by atoms with E-state index in [1.807, 2.05) is 0 Å². The second-order valence-electron chi connectivity index (χ2n) is 4.69. The molecule has 0 heterocycles. The van der Waals surface area contributed by atoms with Crippen molar-refractivity contribution >= 4 is 22.8 Å². The molecule has 2 amide bonds. The molecule has 0 aromatic rings. The summed E-state index contributed by atoms with van der Waals surface area (Å²) in [6, 6.07) is -0.651. The lowest BCUT2D eigenvalue weighted by Gasteiger charge is -2.24. The summed E-state index contributed by atoms with van der Waals surface area (Å²) in [5.41, 5.74) is -0.964. The van der Waals surface area contributed by atoms with Crippen molar-refractivity contribution in [1.82, 2.24) is 10.6 Å².